The van der Waals surface area contributed by atoms with Crippen LogP contribution in [-0.2, 0) is 0 Å². The molecule has 0 bridgehead atoms. The van der Waals surface area contributed by atoms with E-state index in [9.17, 15) is 9.18 Å². The molecule has 2 nitrogen and oxygen atoms in total. The molecule has 0 fully saturated rings. The van der Waals surface area contributed by atoms with Crippen molar-refractivity contribution in [2.75, 3.05) is 5.73 Å². The van der Waals surface area contributed by atoms with Gasteiger partial charge in [0.1, 0.15) is 5.82 Å². The summed E-state index contributed by atoms with van der Waals surface area (Å²) in [6.07, 6.45) is 0. The van der Waals surface area contributed by atoms with Gasteiger partial charge in [-0.3, -0.25) is 4.79 Å². The number of benzene rings is 2. The van der Waals surface area contributed by atoms with Gasteiger partial charge in [-0.2, -0.15) is 0 Å². The first kappa shape index (κ1) is 13.3. The molecule has 2 N–H and O–H groups in total. The highest BCUT2D eigenvalue weighted by molar-refractivity contribution is 6.09. The molecule has 2 aromatic carbocycles. The van der Waals surface area contributed by atoms with Crippen molar-refractivity contribution >= 4 is 11.5 Å². The van der Waals surface area contributed by atoms with Crippen LogP contribution < -0.4 is 5.73 Å². The second-order valence-corrected chi connectivity index (χ2v) is 4.88. The number of rotatable bonds is 3. The lowest BCUT2D eigenvalue weighted by Gasteiger charge is -2.07. The molecular formula is C16H16FNO. The molecule has 0 aromatic heterocycles. The Kier molecular flexibility index (Phi) is 3.65. The SMILES string of the molecule is CC(C)c1ccc(C(=O)c2cc(N)cc(F)c2)cc1. The van der Waals surface area contributed by atoms with E-state index in [0.717, 1.165) is 5.56 Å². The van der Waals surface area contributed by atoms with Crippen LogP contribution in [0.2, 0.25) is 0 Å². The van der Waals surface area contributed by atoms with Crippen LogP contribution in [-0.4, -0.2) is 5.78 Å². The number of carbonyl (C=O) groups excluding carboxylic acids is 1. The fraction of sp³-hybridized carbons (Fsp3) is 0.188. The van der Waals surface area contributed by atoms with Gasteiger partial charge < -0.3 is 5.73 Å². The zero-order valence-corrected chi connectivity index (χ0v) is 11.0. The number of nitrogen functional groups attached to an aromatic ring is 1. The molecule has 0 atom stereocenters. The molecule has 19 heavy (non-hydrogen) atoms. The van der Waals surface area contributed by atoms with Gasteiger partial charge in [0, 0.05) is 16.8 Å². The Morgan fingerprint density at radius 3 is 2.21 bits per heavy atom. The average molecular weight is 257 g/mol. The molecule has 98 valence electrons. The lowest BCUT2D eigenvalue weighted by molar-refractivity contribution is 0.103. The van der Waals surface area contributed by atoms with Gasteiger partial charge in [0.2, 0.25) is 0 Å². The van der Waals surface area contributed by atoms with Crippen LogP contribution in [0.3, 0.4) is 0 Å². The van der Waals surface area contributed by atoms with E-state index in [0.29, 0.717) is 11.5 Å². The number of ketones is 1. The molecule has 0 unspecified atom stereocenters. The standard InChI is InChI=1S/C16H16FNO/c1-10(2)11-3-5-12(6-4-11)16(19)13-7-14(17)9-15(18)8-13/h3-10H,18H2,1-2H3. The fourth-order valence-electron chi connectivity index (χ4n) is 1.93. The maximum Gasteiger partial charge on any atom is 0.193 e. The van der Waals surface area contributed by atoms with Crippen LogP contribution in [0, 0.1) is 5.82 Å². The minimum absolute atomic E-state index is 0.221. The summed E-state index contributed by atoms with van der Waals surface area (Å²) in [6, 6.07) is 11.2. The molecule has 0 saturated heterocycles. The van der Waals surface area contributed by atoms with Gasteiger partial charge in [0.25, 0.3) is 0 Å². The number of hydrogen-bond acceptors (Lipinski definition) is 2. The molecule has 0 amide bonds. The Morgan fingerprint density at radius 2 is 1.68 bits per heavy atom. The molecular weight excluding hydrogens is 241 g/mol. The van der Waals surface area contributed by atoms with Gasteiger partial charge in [-0.1, -0.05) is 38.1 Å². The van der Waals surface area contributed by atoms with Crippen LogP contribution in [0.15, 0.2) is 42.5 Å². The molecule has 3 heteroatoms. The van der Waals surface area contributed by atoms with Gasteiger partial charge in [-0.05, 0) is 29.7 Å². The third-order valence-electron chi connectivity index (χ3n) is 3.02. The summed E-state index contributed by atoms with van der Waals surface area (Å²) in [7, 11) is 0. The van der Waals surface area contributed by atoms with E-state index in [1.165, 1.54) is 18.2 Å². The zero-order valence-electron chi connectivity index (χ0n) is 11.0. The molecule has 0 saturated carbocycles. The maximum atomic E-state index is 13.2. The first-order valence-corrected chi connectivity index (χ1v) is 6.18. The maximum absolute atomic E-state index is 13.2. The van der Waals surface area contributed by atoms with Crippen LogP contribution in [0.5, 0.6) is 0 Å². The van der Waals surface area contributed by atoms with Gasteiger partial charge in [-0.15, -0.1) is 0 Å². The minimum Gasteiger partial charge on any atom is -0.399 e. The van der Waals surface area contributed by atoms with Crippen molar-refractivity contribution in [3.63, 3.8) is 0 Å². The summed E-state index contributed by atoms with van der Waals surface area (Å²) in [5.41, 5.74) is 7.77. The minimum atomic E-state index is -0.498. The van der Waals surface area contributed by atoms with E-state index in [4.69, 9.17) is 5.73 Å². The Balaban J connectivity index is 2.33. The van der Waals surface area contributed by atoms with Crippen molar-refractivity contribution in [2.24, 2.45) is 0 Å². The summed E-state index contributed by atoms with van der Waals surface area (Å²) in [4.78, 5) is 12.2. The normalized spacial score (nSPS) is 10.7. The molecule has 0 spiro atoms. The highest BCUT2D eigenvalue weighted by Crippen LogP contribution is 2.18. The summed E-state index contributed by atoms with van der Waals surface area (Å²) in [5.74, 6) is -0.308. The summed E-state index contributed by atoms with van der Waals surface area (Å²) < 4.78 is 13.2. The number of anilines is 1. The van der Waals surface area contributed by atoms with Crippen LogP contribution >= 0.6 is 0 Å². The van der Waals surface area contributed by atoms with Gasteiger partial charge >= 0.3 is 0 Å². The topological polar surface area (TPSA) is 43.1 Å². The Morgan fingerprint density at radius 1 is 1.05 bits per heavy atom. The van der Waals surface area contributed by atoms with Crippen LogP contribution in [0.1, 0.15) is 41.3 Å². The second-order valence-electron chi connectivity index (χ2n) is 4.88. The van der Waals surface area contributed by atoms with Crippen molar-refractivity contribution in [3.8, 4) is 0 Å². The summed E-state index contributed by atoms with van der Waals surface area (Å²) >= 11 is 0. The molecule has 2 aromatic rings. The zero-order chi connectivity index (χ0) is 14.0. The highest BCUT2D eigenvalue weighted by Gasteiger charge is 2.11. The van der Waals surface area contributed by atoms with E-state index in [2.05, 4.69) is 13.8 Å². The molecule has 0 aliphatic rings. The van der Waals surface area contributed by atoms with E-state index < -0.39 is 5.82 Å². The third kappa shape index (κ3) is 2.99. The number of hydrogen-bond donors (Lipinski definition) is 1. The van der Waals surface area contributed by atoms with Gasteiger partial charge in [0.05, 0.1) is 0 Å². The molecule has 0 radical (unpaired) electrons. The quantitative estimate of drug-likeness (QED) is 0.672. The van der Waals surface area contributed by atoms with E-state index >= 15 is 0 Å². The number of halogens is 1. The number of nitrogens with two attached hydrogens (primary N) is 1. The predicted octanol–water partition coefficient (Wildman–Crippen LogP) is 3.76. The first-order chi connectivity index (χ1) is 8.97. The molecule has 0 aliphatic carbocycles. The monoisotopic (exact) mass is 257 g/mol. The summed E-state index contributed by atoms with van der Waals surface area (Å²) in [5, 5.41) is 0. The van der Waals surface area contributed by atoms with Crippen molar-refractivity contribution in [3.05, 3.63) is 65.0 Å². The van der Waals surface area contributed by atoms with Crippen molar-refractivity contribution in [2.45, 2.75) is 19.8 Å². The Hall–Kier alpha value is -2.16. The average Bonchev–Trinajstić information content (AvgIpc) is 2.37. The highest BCUT2D eigenvalue weighted by atomic mass is 19.1. The third-order valence-corrected chi connectivity index (χ3v) is 3.02. The van der Waals surface area contributed by atoms with Crippen molar-refractivity contribution < 1.29 is 9.18 Å². The summed E-state index contributed by atoms with van der Waals surface area (Å²) in [6.45, 7) is 4.17. The predicted molar refractivity (Wildman–Crippen MR) is 74.8 cm³/mol. The second kappa shape index (κ2) is 5.22. The van der Waals surface area contributed by atoms with Crippen molar-refractivity contribution in [1.29, 1.82) is 0 Å². The van der Waals surface area contributed by atoms with Crippen molar-refractivity contribution in [1.82, 2.24) is 0 Å². The first-order valence-electron chi connectivity index (χ1n) is 6.18. The van der Waals surface area contributed by atoms with E-state index in [1.807, 2.05) is 12.1 Å². The van der Waals surface area contributed by atoms with Crippen LogP contribution in [0.25, 0.3) is 0 Å². The molecule has 2 rings (SSSR count). The number of carbonyl (C=O) groups is 1. The van der Waals surface area contributed by atoms with Gasteiger partial charge in [-0.25, -0.2) is 4.39 Å². The molecule has 0 heterocycles. The Bertz CT molecular complexity index is 582. The lowest BCUT2D eigenvalue weighted by atomic mass is 9.98. The van der Waals surface area contributed by atoms with E-state index in [1.54, 1.807) is 12.1 Å². The fourth-order valence-corrected chi connectivity index (χ4v) is 1.93. The molecule has 0 aliphatic heterocycles. The van der Waals surface area contributed by atoms with Crippen LogP contribution in [0.4, 0.5) is 10.1 Å². The van der Waals surface area contributed by atoms with Gasteiger partial charge in [0.15, 0.2) is 5.78 Å². The Labute approximate surface area is 112 Å². The lowest BCUT2D eigenvalue weighted by Crippen LogP contribution is -2.03. The smallest absolute Gasteiger partial charge is 0.193 e. The van der Waals surface area contributed by atoms with E-state index in [-0.39, 0.29) is 17.0 Å². The largest absolute Gasteiger partial charge is 0.399 e.